The quantitative estimate of drug-likeness (QED) is 0.249. The second-order valence-electron chi connectivity index (χ2n) is 5.65. The second kappa shape index (κ2) is 9.05. The van der Waals surface area contributed by atoms with Gasteiger partial charge in [-0.25, -0.2) is 44.6 Å². The molecule has 0 aliphatic carbocycles. The first-order valence-electron chi connectivity index (χ1n) is 7.73. The van der Waals surface area contributed by atoms with Gasteiger partial charge in [0.05, 0.1) is 0 Å². The van der Waals surface area contributed by atoms with E-state index in [0.29, 0.717) is 24.3 Å². The van der Waals surface area contributed by atoms with Crippen molar-refractivity contribution in [1.29, 1.82) is 0 Å². The minimum atomic E-state index is -4.83. The van der Waals surface area contributed by atoms with Crippen LogP contribution in [-0.4, -0.2) is 40.5 Å². The molecule has 1 unspecified atom stereocenters. The maximum absolute atomic E-state index is 13.8. The molecule has 0 aliphatic heterocycles. The third-order valence-corrected chi connectivity index (χ3v) is 6.53. The monoisotopic (exact) mass is 471 g/mol. The van der Waals surface area contributed by atoms with Gasteiger partial charge in [0.1, 0.15) is 39.1 Å². The molecule has 4 N–H and O–H groups in total. The molecule has 1 atom stereocenters. The Morgan fingerprint density at radius 2 is 1.33 bits per heavy atom. The number of halogens is 4. The minimum absolute atomic E-state index is 0.260. The van der Waals surface area contributed by atoms with Crippen LogP contribution in [0.15, 0.2) is 46.2 Å². The van der Waals surface area contributed by atoms with Crippen molar-refractivity contribution in [3.8, 4) is 0 Å². The zero-order valence-electron chi connectivity index (χ0n) is 14.6. The molecule has 0 fully saturated rings. The summed E-state index contributed by atoms with van der Waals surface area (Å²) in [4.78, 5) is 9.66. The predicted octanol–water partition coefficient (Wildman–Crippen LogP) is 0.374. The summed E-state index contributed by atoms with van der Waals surface area (Å²) in [5, 5.41) is 8.75. The van der Waals surface area contributed by atoms with Crippen LogP contribution in [0.2, 0.25) is 0 Å². The SMILES string of the molecule is O=C(NO)C(CNS(=O)(=O)c1ccc(F)cc1F)NS(=O)(=O)c1ccc(F)cc1F. The molecule has 0 aliphatic rings. The first kappa shape index (κ1) is 23.7. The summed E-state index contributed by atoms with van der Waals surface area (Å²) < 4.78 is 106. The van der Waals surface area contributed by atoms with E-state index in [9.17, 15) is 39.2 Å². The highest BCUT2D eigenvalue weighted by molar-refractivity contribution is 7.90. The Kier molecular flexibility index (Phi) is 7.14. The van der Waals surface area contributed by atoms with Crippen LogP contribution >= 0.6 is 0 Å². The first-order chi connectivity index (χ1) is 13.9. The highest BCUT2D eigenvalue weighted by atomic mass is 32.2. The maximum atomic E-state index is 13.8. The van der Waals surface area contributed by atoms with E-state index in [1.165, 1.54) is 0 Å². The van der Waals surface area contributed by atoms with Gasteiger partial charge in [-0.3, -0.25) is 10.0 Å². The fourth-order valence-electron chi connectivity index (χ4n) is 2.17. The smallest absolute Gasteiger partial charge is 0.262 e. The molecule has 9 nitrogen and oxygen atoms in total. The number of amides is 1. The third-order valence-electron chi connectivity index (χ3n) is 3.57. The van der Waals surface area contributed by atoms with Crippen molar-refractivity contribution >= 4 is 26.0 Å². The number of sulfonamides is 2. The van der Waals surface area contributed by atoms with Crippen LogP contribution in [0.1, 0.15) is 0 Å². The van der Waals surface area contributed by atoms with E-state index >= 15 is 0 Å². The largest absolute Gasteiger partial charge is 0.289 e. The molecule has 2 rings (SSSR count). The number of nitrogens with one attached hydrogen (secondary N) is 3. The van der Waals surface area contributed by atoms with Gasteiger partial charge in [0, 0.05) is 18.7 Å². The summed E-state index contributed by atoms with van der Waals surface area (Å²) in [6, 6.07) is 0.921. The molecule has 0 saturated carbocycles. The highest BCUT2D eigenvalue weighted by Gasteiger charge is 2.30. The molecule has 15 heteroatoms. The molecule has 2 aromatic carbocycles. The zero-order chi connectivity index (χ0) is 22.7. The minimum Gasteiger partial charge on any atom is -0.289 e. The van der Waals surface area contributed by atoms with Crippen LogP contribution in [0, 0.1) is 23.3 Å². The number of carbonyl (C=O) groups is 1. The zero-order valence-corrected chi connectivity index (χ0v) is 16.2. The summed E-state index contributed by atoms with van der Waals surface area (Å²) in [5.74, 6) is -6.55. The van der Waals surface area contributed by atoms with E-state index in [1.807, 2.05) is 0 Å². The Bertz CT molecular complexity index is 1170. The Morgan fingerprint density at radius 1 is 0.867 bits per heavy atom. The van der Waals surface area contributed by atoms with Gasteiger partial charge in [0.25, 0.3) is 5.91 Å². The number of hydrogen-bond acceptors (Lipinski definition) is 6. The molecule has 30 heavy (non-hydrogen) atoms. The van der Waals surface area contributed by atoms with Crippen LogP contribution in [0.4, 0.5) is 17.6 Å². The number of hydroxylamine groups is 1. The van der Waals surface area contributed by atoms with Gasteiger partial charge < -0.3 is 0 Å². The molecule has 0 aromatic heterocycles. The van der Waals surface area contributed by atoms with Gasteiger partial charge in [0.15, 0.2) is 0 Å². The summed E-state index contributed by atoms with van der Waals surface area (Å²) in [6.07, 6.45) is 0. The van der Waals surface area contributed by atoms with Crippen molar-refractivity contribution in [3.63, 3.8) is 0 Å². The molecule has 0 radical (unpaired) electrons. The van der Waals surface area contributed by atoms with E-state index in [0.717, 1.165) is 5.48 Å². The van der Waals surface area contributed by atoms with Crippen molar-refractivity contribution in [2.24, 2.45) is 0 Å². The van der Waals surface area contributed by atoms with Gasteiger partial charge in [-0.2, -0.15) is 4.72 Å². The normalized spacial score (nSPS) is 13.1. The Balaban J connectivity index is 2.27. The van der Waals surface area contributed by atoms with Crippen molar-refractivity contribution < 1.29 is 44.4 Å². The van der Waals surface area contributed by atoms with Gasteiger partial charge >= 0.3 is 0 Å². The predicted molar refractivity (Wildman–Crippen MR) is 91.9 cm³/mol. The van der Waals surface area contributed by atoms with E-state index in [1.54, 1.807) is 9.44 Å². The van der Waals surface area contributed by atoms with E-state index < -0.39 is 71.6 Å². The highest BCUT2D eigenvalue weighted by Crippen LogP contribution is 2.17. The van der Waals surface area contributed by atoms with E-state index in [4.69, 9.17) is 5.21 Å². The maximum Gasteiger partial charge on any atom is 0.262 e. The van der Waals surface area contributed by atoms with E-state index in [-0.39, 0.29) is 12.1 Å². The Morgan fingerprint density at radius 3 is 1.77 bits per heavy atom. The second-order valence-corrected chi connectivity index (χ2v) is 9.07. The van der Waals surface area contributed by atoms with Gasteiger partial charge in [-0.05, 0) is 24.3 Å². The summed E-state index contributed by atoms with van der Waals surface area (Å²) >= 11 is 0. The lowest BCUT2D eigenvalue weighted by molar-refractivity contribution is -0.130. The van der Waals surface area contributed by atoms with Crippen molar-refractivity contribution in [2.75, 3.05) is 6.54 Å². The summed E-state index contributed by atoms with van der Waals surface area (Å²) in [5.41, 5.74) is 1.08. The van der Waals surface area contributed by atoms with Crippen LogP contribution in [-0.2, 0) is 24.8 Å². The number of carbonyl (C=O) groups excluding carboxylic acids is 1. The van der Waals surface area contributed by atoms with Crippen LogP contribution in [0.5, 0.6) is 0 Å². The molecule has 0 spiro atoms. The molecule has 0 bridgehead atoms. The topological polar surface area (TPSA) is 142 Å². The van der Waals surface area contributed by atoms with Gasteiger partial charge in [-0.1, -0.05) is 0 Å². The van der Waals surface area contributed by atoms with Crippen molar-refractivity contribution in [1.82, 2.24) is 14.9 Å². The Labute approximate surface area is 167 Å². The average molecular weight is 471 g/mol. The number of hydrogen-bond donors (Lipinski definition) is 4. The fourth-order valence-corrected chi connectivity index (χ4v) is 4.53. The van der Waals surface area contributed by atoms with Crippen molar-refractivity contribution in [2.45, 2.75) is 15.8 Å². The van der Waals surface area contributed by atoms with Crippen LogP contribution in [0.25, 0.3) is 0 Å². The van der Waals surface area contributed by atoms with Crippen LogP contribution < -0.4 is 14.9 Å². The molecule has 2 aromatic rings. The Hall–Kier alpha value is -2.59. The van der Waals surface area contributed by atoms with Crippen molar-refractivity contribution in [3.05, 3.63) is 59.7 Å². The standard InChI is InChI=1S/C15H13F4N3O6S2/c16-8-1-3-13(10(18)5-8)29(25,26)20-7-12(15(23)21-24)22-30(27,28)14-4-2-9(17)6-11(14)19/h1-6,12,20,22,24H,7H2,(H,21,23). The molecule has 164 valence electrons. The fraction of sp³-hybridized carbons (Fsp3) is 0.133. The third kappa shape index (κ3) is 5.51. The average Bonchev–Trinajstić information content (AvgIpc) is 2.63. The first-order valence-corrected chi connectivity index (χ1v) is 10.7. The molecular formula is C15H13F4N3O6S2. The van der Waals surface area contributed by atoms with Crippen LogP contribution in [0.3, 0.4) is 0 Å². The molecule has 0 heterocycles. The molecule has 0 saturated heterocycles. The lowest BCUT2D eigenvalue weighted by Gasteiger charge is -2.18. The molecule has 1 amide bonds. The van der Waals surface area contributed by atoms with Gasteiger partial charge in [0.2, 0.25) is 20.0 Å². The lowest BCUT2D eigenvalue weighted by atomic mass is 10.3. The van der Waals surface area contributed by atoms with Gasteiger partial charge in [-0.15, -0.1) is 0 Å². The summed E-state index contributed by atoms with van der Waals surface area (Å²) in [6.45, 7) is -1.06. The lowest BCUT2D eigenvalue weighted by Crippen LogP contribution is -2.52. The molecular weight excluding hydrogens is 458 g/mol. The number of benzene rings is 2. The van der Waals surface area contributed by atoms with E-state index in [2.05, 4.69) is 0 Å². The summed E-state index contributed by atoms with van der Waals surface area (Å²) in [7, 11) is -9.52. The number of rotatable bonds is 8.